The van der Waals surface area contributed by atoms with Crippen LogP contribution >= 0.6 is 0 Å². The molecule has 0 unspecified atom stereocenters. The third-order valence-corrected chi connectivity index (χ3v) is 7.24. The number of benzene rings is 7. The molecular formula is C35H24O. The van der Waals surface area contributed by atoms with Crippen molar-refractivity contribution in [1.82, 2.24) is 0 Å². The summed E-state index contributed by atoms with van der Waals surface area (Å²) in [5.41, 5.74) is 3.83. The topological polar surface area (TPSA) is 9.23 Å². The largest absolute Gasteiger partial charge is 0.457 e. The third kappa shape index (κ3) is 3.40. The zero-order chi connectivity index (χ0) is 24.1. The van der Waals surface area contributed by atoms with Gasteiger partial charge < -0.3 is 4.74 Å². The van der Waals surface area contributed by atoms with Crippen LogP contribution in [0.4, 0.5) is 0 Å². The molecule has 0 saturated heterocycles. The predicted molar refractivity (Wildman–Crippen MR) is 153 cm³/mol. The number of aryl methyl sites for hydroxylation is 1. The van der Waals surface area contributed by atoms with E-state index in [1.54, 1.807) is 0 Å². The SMILES string of the molecule is Cc1ccc(-c2ccc3c(ccc4cc(Oc5cccc6ccccc56)ccc43)c2)c2ccccc12. The van der Waals surface area contributed by atoms with Gasteiger partial charge in [-0.15, -0.1) is 0 Å². The molecule has 0 bridgehead atoms. The van der Waals surface area contributed by atoms with E-state index in [9.17, 15) is 0 Å². The van der Waals surface area contributed by atoms with Gasteiger partial charge in [0.15, 0.2) is 0 Å². The molecular weight excluding hydrogens is 436 g/mol. The van der Waals surface area contributed by atoms with Crippen molar-refractivity contribution in [3.63, 3.8) is 0 Å². The molecule has 0 aliphatic carbocycles. The van der Waals surface area contributed by atoms with Crippen LogP contribution in [0.15, 0.2) is 127 Å². The van der Waals surface area contributed by atoms with Crippen LogP contribution in [0, 0.1) is 6.92 Å². The monoisotopic (exact) mass is 460 g/mol. The van der Waals surface area contributed by atoms with Gasteiger partial charge in [0.1, 0.15) is 11.5 Å². The third-order valence-electron chi connectivity index (χ3n) is 7.24. The molecule has 0 amide bonds. The van der Waals surface area contributed by atoms with Crippen LogP contribution in [-0.4, -0.2) is 0 Å². The van der Waals surface area contributed by atoms with Crippen LogP contribution in [0.1, 0.15) is 5.56 Å². The standard InChI is InChI=1S/C35H24O/c1-23-13-18-32(34-11-5-4-9-29(23)34)26-16-19-30-25(21-26)14-15-27-22-28(17-20-31(27)30)36-35-12-6-8-24-7-2-3-10-33(24)35/h2-22H,1H3. The molecule has 0 N–H and O–H groups in total. The second kappa shape index (κ2) is 8.25. The maximum absolute atomic E-state index is 6.34. The molecule has 36 heavy (non-hydrogen) atoms. The average Bonchev–Trinajstić information content (AvgIpc) is 2.93. The van der Waals surface area contributed by atoms with E-state index in [1.165, 1.54) is 54.4 Å². The summed E-state index contributed by atoms with van der Waals surface area (Å²) in [6.45, 7) is 2.18. The molecule has 0 aliphatic rings. The van der Waals surface area contributed by atoms with Crippen molar-refractivity contribution >= 4 is 43.1 Å². The highest BCUT2D eigenvalue weighted by molar-refractivity contribution is 6.09. The molecule has 7 aromatic rings. The van der Waals surface area contributed by atoms with Crippen LogP contribution in [-0.2, 0) is 0 Å². The van der Waals surface area contributed by atoms with Gasteiger partial charge in [-0.25, -0.2) is 0 Å². The van der Waals surface area contributed by atoms with E-state index in [0.29, 0.717) is 0 Å². The zero-order valence-electron chi connectivity index (χ0n) is 20.0. The first kappa shape index (κ1) is 20.7. The van der Waals surface area contributed by atoms with Gasteiger partial charge in [0, 0.05) is 5.39 Å². The van der Waals surface area contributed by atoms with Crippen molar-refractivity contribution in [2.24, 2.45) is 0 Å². The second-order valence-corrected chi connectivity index (χ2v) is 9.44. The van der Waals surface area contributed by atoms with E-state index in [4.69, 9.17) is 4.74 Å². The maximum Gasteiger partial charge on any atom is 0.135 e. The van der Waals surface area contributed by atoms with Gasteiger partial charge in [-0.3, -0.25) is 0 Å². The Morgan fingerprint density at radius 1 is 0.444 bits per heavy atom. The summed E-state index contributed by atoms with van der Waals surface area (Å²) in [4.78, 5) is 0. The van der Waals surface area contributed by atoms with E-state index in [2.05, 4.69) is 122 Å². The molecule has 0 atom stereocenters. The summed E-state index contributed by atoms with van der Waals surface area (Å²) in [5.74, 6) is 1.73. The van der Waals surface area contributed by atoms with E-state index >= 15 is 0 Å². The number of hydrogen-bond acceptors (Lipinski definition) is 1. The van der Waals surface area contributed by atoms with Gasteiger partial charge >= 0.3 is 0 Å². The Labute approximate surface area is 210 Å². The van der Waals surface area contributed by atoms with Gasteiger partial charge in [0.2, 0.25) is 0 Å². The molecule has 0 fully saturated rings. The zero-order valence-corrected chi connectivity index (χ0v) is 20.0. The molecule has 170 valence electrons. The minimum absolute atomic E-state index is 0.848. The van der Waals surface area contributed by atoms with Gasteiger partial charge in [0.25, 0.3) is 0 Å². The Kier molecular flexibility index (Phi) is 4.75. The van der Waals surface area contributed by atoms with E-state index in [1.807, 2.05) is 12.1 Å². The fourth-order valence-electron chi connectivity index (χ4n) is 5.39. The minimum atomic E-state index is 0.848. The van der Waals surface area contributed by atoms with E-state index < -0.39 is 0 Å². The lowest BCUT2D eigenvalue weighted by Gasteiger charge is -2.12. The quantitative estimate of drug-likeness (QED) is 0.238. The summed E-state index contributed by atoms with van der Waals surface area (Å²) in [7, 11) is 0. The van der Waals surface area contributed by atoms with Crippen molar-refractivity contribution in [2.75, 3.05) is 0 Å². The lowest BCUT2D eigenvalue weighted by Crippen LogP contribution is -1.87. The van der Waals surface area contributed by atoms with E-state index in [0.717, 1.165) is 16.9 Å². The highest BCUT2D eigenvalue weighted by Crippen LogP contribution is 2.36. The lowest BCUT2D eigenvalue weighted by atomic mass is 9.93. The summed E-state index contributed by atoms with van der Waals surface area (Å²) in [5, 5.41) is 9.82. The number of fused-ring (bicyclic) bond motifs is 5. The van der Waals surface area contributed by atoms with Gasteiger partial charge in [-0.05, 0) is 85.6 Å². The number of hydrogen-bond donors (Lipinski definition) is 0. The molecule has 0 aliphatic heterocycles. The smallest absolute Gasteiger partial charge is 0.135 e. The summed E-state index contributed by atoms with van der Waals surface area (Å²) in [6, 6.07) is 45.3. The Bertz CT molecular complexity index is 1920. The molecule has 1 nitrogen and oxygen atoms in total. The summed E-state index contributed by atoms with van der Waals surface area (Å²) in [6.07, 6.45) is 0. The molecule has 0 radical (unpaired) electrons. The van der Waals surface area contributed by atoms with Gasteiger partial charge in [-0.1, -0.05) is 103 Å². The first-order valence-corrected chi connectivity index (χ1v) is 12.4. The molecule has 7 aromatic carbocycles. The van der Waals surface area contributed by atoms with Crippen molar-refractivity contribution < 1.29 is 4.74 Å². The van der Waals surface area contributed by atoms with Crippen molar-refractivity contribution in [3.05, 3.63) is 133 Å². The number of ether oxygens (including phenoxy) is 1. The molecule has 0 heterocycles. The molecule has 7 rings (SSSR count). The highest BCUT2D eigenvalue weighted by Gasteiger charge is 2.09. The Morgan fingerprint density at radius 2 is 1.14 bits per heavy atom. The van der Waals surface area contributed by atoms with Gasteiger partial charge in [-0.2, -0.15) is 0 Å². The normalized spacial score (nSPS) is 11.5. The van der Waals surface area contributed by atoms with Crippen molar-refractivity contribution in [1.29, 1.82) is 0 Å². The second-order valence-electron chi connectivity index (χ2n) is 9.44. The molecule has 0 saturated carbocycles. The Hall–Kier alpha value is -4.62. The van der Waals surface area contributed by atoms with Crippen molar-refractivity contribution in [3.8, 4) is 22.6 Å². The predicted octanol–water partition coefficient (Wildman–Crippen LogP) is 10.1. The summed E-state index contributed by atoms with van der Waals surface area (Å²) >= 11 is 0. The average molecular weight is 461 g/mol. The van der Waals surface area contributed by atoms with Crippen LogP contribution < -0.4 is 4.74 Å². The fourth-order valence-corrected chi connectivity index (χ4v) is 5.39. The molecule has 1 heteroatoms. The highest BCUT2D eigenvalue weighted by atomic mass is 16.5. The Morgan fingerprint density at radius 3 is 2.00 bits per heavy atom. The van der Waals surface area contributed by atoms with Crippen LogP contribution in [0.2, 0.25) is 0 Å². The maximum atomic E-state index is 6.34. The number of rotatable bonds is 3. The first-order valence-electron chi connectivity index (χ1n) is 12.4. The molecule has 0 aromatic heterocycles. The van der Waals surface area contributed by atoms with E-state index in [-0.39, 0.29) is 0 Å². The fraction of sp³-hybridized carbons (Fsp3) is 0.0286. The Balaban J connectivity index is 1.30. The first-order chi connectivity index (χ1) is 17.7. The summed E-state index contributed by atoms with van der Waals surface area (Å²) < 4.78 is 6.34. The minimum Gasteiger partial charge on any atom is -0.457 e. The lowest BCUT2D eigenvalue weighted by molar-refractivity contribution is 0.489. The van der Waals surface area contributed by atoms with Crippen LogP contribution in [0.25, 0.3) is 54.2 Å². The van der Waals surface area contributed by atoms with Crippen LogP contribution in [0.5, 0.6) is 11.5 Å². The van der Waals surface area contributed by atoms with Gasteiger partial charge in [0.05, 0.1) is 0 Å². The molecule has 0 spiro atoms. The van der Waals surface area contributed by atoms with Crippen LogP contribution in [0.3, 0.4) is 0 Å². The van der Waals surface area contributed by atoms with Crippen molar-refractivity contribution in [2.45, 2.75) is 6.92 Å².